The highest BCUT2D eigenvalue weighted by Gasteiger charge is 2.13. The van der Waals surface area contributed by atoms with E-state index >= 15 is 0 Å². The number of nitrogens with zero attached hydrogens (tertiary/aromatic N) is 1. The van der Waals surface area contributed by atoms with Crippen LogP contribution in [0.1, 0.15) is 22.5 Å². The Balaban J connectivity index is 0.00000320. The van der Waals surface area contributed by atoms with Gasteiger partial charge in [-0.05, 0) is 49.2 Å². The first-order valence-corrected chi connectivity index (χ1v) is 11.0. The van der Waals surface area contributed by atoms with Crippen LogP contribution in [0.25, 0.3) is 11.0 Å². The third-order valence-electron chi connectivity index (χ3n) is 4.74. The summed E-state index contributed by atoms with van der Waals surface area (Å²) >= 11 is 0. The minimum Gasteiger partial charge on any atom is -0.459 e. The average molecular weight is 545 g/mol. The minimum atomic E-state index is -3.23. The number of aryl methyl sites for hydroxylation is 2. The van der Waals surface area contributed by atoms with Gasteiger partial charge in [0.15, 0.2) is 15.8 Å². The lowest BCUT2D eigenvalue weighted by atomic mass is 10.1. The van der Waals surface area contributed by atoms with E-state index in [2.05, 4.69) is 15.6 Å². The third-order valence-corrected chi connectivity index (χ3v) is 5.99. The fraction of sp³-hybridized carbons (Fsp3) is 0.286. The second kappa shape index (κ2) is 9.78. The Morgan fingerprint density at radius 1 is 1.10 bits per heavy atom. The molecule has 2 aromatic carbocycles. The van der Waals surface area contributed by atoms with Crippen LogP contribution in [0.3, 0.4) is 0 Å². The van der Waals surface area contributed by atoms with Crippen molar-refractivity contribution in [2.75, 3.05) is 13.3 Å². The van der Waals surface area contributed by atoms with Crippen molar-refractivity contribution in [3.05, 3.63) is 64.7 Å². The van der Waals surface area contributed by atoms with Gasteiger partial charge in [-0.25, -0.2) is 12.8 Å². The van der Waals surface area contributed by atoms with Gasteiger partial charge in [0.05, 0.1) is 11.4 Å². The van der Waals surface area contributed by atoms with Crippen LogP contribution in [-0.4, -0.2) is 27.7 Å². The molecule has 0 spiro atoms. The molecule has 6 nitrogen and oxygen atoms in total. The number of guanidine groups is 1. The maximum Gasteiger partial charge on any atom is 0.191 e. The highest BCUT2D eigenvalue weighted by Crippen LogP contribution is 2.25. The van der Waals surface area contributed by atoms with E-state index in [0.29, 0.717) is 40.9 Å². The molecule has 0 fully saturated rings. The molecule has 162 valence electrons. The van der Waals surface area contributed by atoms with Gasteiger partial charge in [-0.2, -0.15) is 0 Å². The molecule has 3 aromatic rings. The maximum absolute atomic E-state index is 13.5. The predicted octanol–water partition coefficient (Wildman–Crippen LogP) is 4.08. The van der Waals surface area contributed by atoms with Crippen molar-refractivity contribution in [1.82, 2.24) is 10.6 Å². The number of hydrogen-bond donors (Lipinski definition) is 2. The van der Waals surface area contributed by atoms with Gasteiger partial charge in [-0.15, -0.1) is 24.0 Å². The molecule has 3 rings (SSSR count). The molecule has 0 bridgehead atoms. The van der Waals surface area contributed by atoms with Crippen LogP contribution >= 0.6 is 24.0 Å². The summed E-state index contributed by atoms with van der Waals surface area (Å²) in [7, 11) is -1.57. The number of aliphatic imine (C=N–C) groups is 1. The SMILES string of the molecule is CN=C(NCc1ccc(S(C)(=O)=O)c(C)c1)NCc1oc2ccc(F)cc2c1C.I. The molecule has 0 saturated heterocycles. The molecular formula is C21H25FIN3O3S. The van der Waals surface area contributed by atoms with Crippen LogP contribution in [0.15, 0.2) is 50.7 Å². The van der Waals surface area contributed by atoms with Gasteiger partial charge in [-0.3, -0.25) is 4.99 Å². The number of halogens is 2. The Bertz CT molecular complexity index is 1190. The van der Waals surface area contributed by atoms with Gasteiger partial charge in [0, 0.05) is 30.8 Å². The zero-order valence-corrected chi connectivity index (χ0v) is 20.4. The van der Waals surface area contributed by atoms with E-state index in [-0.39, 0.29) is 29.8 Å². The van der Waals surface area contributed by atoms with Crippen molar-refractivity contribution in [2.24, 2.45) is 4.99 Å². The quantitative estimate of drug-likeness (QED) is 0.287. The Morgan fingerprint density at radius 2 is 1.80 bits per heavy atom. The molecule has 2 N–H and O–H groups in total. The third kappa shape index (κ3) is 5.51. The summed E-state index contributed by atoms with van der Waals surface area (Å²) in [6, 6.07) is 9.70. The molecule has 0 aliphatic heterocycles. The summed E-state index contributed by atoms with van der Waals surface area (Å²) < 4.78 is 42.7. The molecule has 0 atom stereocenters. The smallest absolute Gasteiger partial charge is 0.191 e. The Morgan fingerprint density at radius 3 is 2.43 bits per heavy atom. The second-order valence-corrected chi connectivity index (χ2v) is 8.93. The van der Waals surface area contributed by atoms with Crippen LogP contribution in [0.2, 0.25) is 0 Å². The van der Waals surface area contributed by atoms with Crippen molar-refractivity contribution in [2.45, 2.75) is 31.8 Å². The molecule has 30 heavy (non-hydrogen) atoms. The topological polar surface area (TPSA) is 83.7 Å². The lowest BCUT2D eigenvalue weighted by Crippen LogP contribution is -2.36. The fourth-order valence-electron chi connectivity index (χ4n) is 3.22. The van der Waals surface area contributed by atoms with Crippen molar-refractivity contribution in [1.29, 1.82) is 0 Å². The van der Waals surface area contributed by atoms with Gasteiger partial charge in [-0.1, -0.05) is 12.1 Å². The van der Waals surface area contributed by atoms with E-state index < -0.39 is 9.84 Å². The van der Waals surface area contributed by atoms with Gasteiger partial charge in [0.1, 0.15) is 17.2 Å². The van der Waals surface area contributed by atoms with E-state index in [0.717, 1.165) is 16.5 Å². The first-order chi connectivity index (χ1) is 13.7. The Kier molecular flexibility index (Phi) is 7.87. The molecule has 1 heterocycles. The number of furan rings is 1. The molecule has 0 radical (unpaired) electrons. The van der Waals surface area contributed by atoms with Crippen LogP contribution in [0.5, 0.6) is 0 Å². The Labute approximate surface area is 192 Å². The van der Waals surface area contributed by atoms with E-state index in [4.69, 9.17) is 4.42 Å². The first-order valence-electron chi connectivity index (χ1n) is 9.10. The van der Waals surface area contributed by atoms with E-state index in [1.165, 1.54) is 18.4 Å². The normalized spacial score (nSPS) is 12.0. The molecular weight excluding hydrogens is 520 g/mol. The molecule has 0 aliphatic rings. The van der Waals surface area contributed by atoms with Crippen LogP contribution < -0.4 is 10.6 Å². The van der Waals surface area contributed by atoms with Gasteiger partial charge >= 0.3 is 0 Å². The highest BCUT2D eigenvalue weighted by atomic mass is 127. The number of nitrogens with one attached hydrogen (secondary N) is 2. The highest BCUT2D eigenvalue weighted by molar-refractivity contribution is 14.0. The number of fused-ring (bicyclic) bond motifs is 1. The largest absolute Gasteiger partial charge is 0.459 e. The van der Waals surface area contributed by atoms with Crippen LogP contribution in [0.4, 0.5) is 4.39 Å². The number of rotatable bonds is 5. The molecule has 9 heteroatoms. The van der Waals surface area contributed by atoms with Gasteiger partial charge < -0.3 is 15.1 Å². The number of hydrogen-bond acceptors (Lipinski definition) is 4. The monoisotopic (exact) mass is 545 g/mol. The van der Waals surface area contributed by atoms with E-state index in [1.807, 2.05) is 13.0 Å². The zero-order chi connectivity index (χ0) is 21.2. The summed E-state index contributed by atoms with van der Waals surface area (Å²) in [4.78, 5) is 4.53. The summed E-state index contributed by atoms with van der Waals surface area (Å²) in [5.41, 5.74) is 3.17. The number of benzene rings is 2. The molecule has 0 saturated carbocycles. The van der Waals surface area contributed by atoms with Crippen molar-refractivity contribution in [3.8, 4) is 0 Å². The molecule has 1 aromatic heterocycles. The maximum atomic E-state index is 13.5. The summed E-state index contributed by atoms with van der Waals surface area (Å²) in [6.45, 7) is 4.55. The van der Waals surface area contributed by atoms with E-state index in [9.17, 15) is 12.8 Å². The molecule has 0 unspecified atom stereocenters. The number of sulfone groups is 1. The van der Waals surface area contributed by atoms with Crippen molar-refractivity contribution >= 4 is 50.7 Å². The summed E-state index contributed by atoms with van der Waals surface area (Å²) in [5, 5.41) is 7.13. The lowest BCUT2D eigenvalue weighted by molar-refractivity contribution is 0.534. The Hall–Kier alpha value is -2.14. The van der Waals surface area contributed by atoms with Gasteiger partial charge in [0.2, 0.25) is 0 Å². The van der Waals surface area contributed by atoms with Crippen LogP contribution in [-0.2, 0) is 22.9 Å². The first kappa shape index (κ1) is 24.1. The zero-order valence-electron chi connectivity index (χ0n) is 17.2. The average Bonchev–Trinajstić information content (AvgIpc) is 2.96. The summed E-state index contributed by atoms with van der Waals surface area (Å²) in [6.07, 6.45) is 1.20. The van der Waals surface area contributed by atoms with Crippen molar-refractivity contribution < 1.29 is 17.2 Å². The predicted molar refractivity (Wildman–Crippen MR) is 128 cm³/mol. The summed E-state index contributed by atoms with van der Waals surface area (Å²) in [5.74, 6) is 0.985. The lowest BCUT2D eigenvalue weighted by Gasteiger charge is -2.12. The second-order valence-electron chi connectivity index (χ2n) is 6.94. The fourth-order valence-corrected chi connectivity index (χ4v) is 4.18. The van der Waals surface area contributed by atoms with Crippen molar-refractivity contribution in [3.63, 3.8) is 0 Å². The molecule has 0 aliphatic carbocycles. The van der Waals surface area contributed by atoms with Crippen LogP contribution in [0, 0.1) is 19.7 Å². The molecule has 0 amide bonds. The minimum absolute atomic E-state index is 0. The van der Waals surface area contributed by atoms with E-state index in [1.54, 1.807) is 32.2 Å². The van der Waals surface area contributed by atoms with Gasteiger partial charge in [0.25, 0.3) is 0 Å². The standard InChI is InChI=1S/C21H24FN3O3S.HI/c1-13-9-15(5-8-20(13)29(4,26)27)11-24-21(23-3)25-12-19-14(2)17-10-16(22)6-7-18(17)28-19;/h5-10H,11-12H2,1-4H3,(H2,23,24,25);1H.